The summed E-state index contributed by atoms with van der Waals surface area (Å²) in [6.45, 7) is -0.301. The van der Waals surface area contributed by atoms with Crippen LogP contribution in [0.2, 0.25) is 0 Å². The second-order valence-electron chi connectivity index (χ2n) is 6.77. The highest BCUT2D eigenvalue weighted by atomic mass is 16.4. The lowest BCUT2D eigenvalue weighted by Crippen LogP contribution is -2.46. The Morgan fingerprint density at radius 1 is 0.767 bits per heavy atom. The van der Waals surface area contributed by atoms with Gasteiger partial charge in [-0.05, 0) is 28.8 Å². The summed E-state index contributed by atoms with van der Waals surface area (Å²) in [6.07, 6.45) is 0.142. The van der Waals surface area contributed by atoms with Crippen molar-refractivity contribution in [2.45, 2.75) is 12.5 Å². The number of carbonyl (C=O) groups excluding carboxylic acids is 2. The Bertz CT molecular complexity index is 1000. The summed E-state index contributed by atoms with van der Waals surface area (Å²) >= 11 is 0. The average molecular weight is 402 g/mol. The summed E-state index contributed by atoms with van der Waals surface area (Å²) in [5, 5.41) is 14.4. The van der Waals surface area contributed by atoms with Crippen LogP contribution >= 0.6 is 0 Å². The van der Waals surface area contributed by atoms with Crippen molar-refractivity contribution in [1.29, 1.82) is 0 Å². The fourth-order valence-electron chi connectivity index (χ4n) is 3.00. The van der Waals surface area contributed by atoms with Gasteiger partial charge >= 0.3 is 5.97 Å². The van der Waals surface area contributed by atoms with Crippen molar-refractivity contribution in [1.82, 2.24) is 10.6 Å². The van der Waals surface area contributed by atoms with E-state index in [2.05, 4.69) is 10.6 Å². The van der Waals surface area contributed by atoms with Crippen molar-refractivity contribution < 1.29 is 19.5 Å². The lowest BCUT2D eigenvalue weighted by Gasteiger charge is -2.15. The molecule has 0 aliphatic heterocycles. The van der Waals surface area contributed by atoms with Gasteiger partial charge in [0, 0.05) is 12.0 Å². The molecule has 0 heterocycles. The number of amides is 2. The van der Waals surface area contributed by atoms with E-state index in [0.29, 0.717) is 5.56 Å². The molecule has 6 heteroatoms. The zero-order chi connectivity index (χ0) is 21.3. The molecule has 30 heavy (non-hydrogen) atoms. The van der Waals surface area contributed by atoms with Gasteiger partial charge in [-0.15, -0.1) is 0 Å². The van der Waals surface area contributed by atoms with Crippen molar-refractivity contribution in [3.63, 3.8) is 0 Å². The highest BCUT2D eigenvalue weighted by Gasteiger charge is 2.20. The number of aliphatic carboxylic acids is 1. The first-order valence-electron chi connectivity index (χ1n) is 9.52. The minimum atomic E-state index is -1.13. The van der Waals surface area contributed by atoms with Crippen molar-refractivity contribution in [2.75, 3.05) is 6.54 Å². The van der Waals surface area contributed by atoms with Crippen LogP contribution in [0.15, 0.2) is 84.9 Å². The van der Waals surface area contributed by atoms with E-state index in [9.17, 15) is 19.5 Å². The Balaban J connectivity index is 1.56. The van der Waals surface area contributed by atoms with E-state index in [4.69, 9.17) is 0 Å². The van der Waals surface area contributed by atoms with Crippen LogP contribution in [0.25, 0.3) is 11.1 Å². The quantitative estimate of drug-likeness (QED) is 0.540. The molecular weight excluding hydrogens is 380 g/mol. The zero-order valence-corrected chi connectivity index (χ0v) is 16.2. The topological polar surface area (TPSA) is 95.5 Å². The van der Waals surface area contributed by atoms with Crippen LogP contribution in [0.3, 0.4) is 0 Å². The number of rotatable bonds is 8. The molecule has 0 aromatic heterocycles. The summed E-state index contributed by atoms with van der Waals surface area (Å²) in [7, 11) is 0. The van der Waals surface area contributed by atoms with E-state index < -0.39 is 23.8 Å². The van der Waals surface area contributed by atoms with Gasteiger partial charge in [-0.2, -0.15) is 0 Å². The van der Waals surface area contributed by atoms with Gasteiger partial charge in [0.15, 0.2) is 0 Å². The van der Waals surface area contributed by atoms with Crippen LogP contribution in [0.1, 0.15) is 15.9 Å². The Kier molecular flexibility index (Phi) is 6.95. The lowest BCUT2D eigenvalue weighted by atomic mass is 10.0. The highest BCUT2D eigenvalue weighted by Crippen LogP contribution is 2.19. The van der Waals surface area contributed by atoms with E-state index in [1.807, 2.05) is 54.6 Å². The van der Waals surface area contributed by atoms with Gasteiger partial charge in [0.05, 0.1) is 6.54 Å². The average Bonchev–Trinajstić information content (AvgIpc) is 2.78. The van der Waals surface area contributed by atoms with Crippen LogP contribution in [0.5, 0.6) is 0 Å². The maximum Gasteiger partial charge on any atom is 0.326 e. The van der Waals surface area contributed by atoms with Crippen LogP contribution in [-0.2, 0) is 16.0 Å². The van der Waals surface area contributed by atoms with E-state index in [0.717, 1.165) is 16.7 Å². The van der Waals surface area contributed by atoms with E-state index in [-0.39, 0.29) is 13.0 Å². The summed E-state index contributed by atoms with van der Waals surface area (Å²) < 4.78 is 0. The number of hydrogen-bond acceptors (Lipinski definition) is 3. The van der Waals surface area contributed by atoms with Gasteiger partial charge in [-0.25, -0.2) is 4.79 Å². The third-order valence-corrected chi connectivity index (χ3v) is 4.58. The molecule has 0 saturated heterocycles. The standard InChI is InChI=1S/C24H22N2O4/c27-22(16-25-23(28)20-9-5-2-6-10-20)26-21(24(29)30)15-17-11-13-19(14-12-17)18-7-3-1-4-8-18/h1-14,21H,15-16H2,(H,25,28)(H,26,27)(H,29,30)/t21-/m0/s1. The van der Waals surface area contributed by atoms with Crippen molar-refractivity contribution in [3.05, 3.63) is 96.1 Å². The highest BCUT2D eigenvalue weighted by molar-refractivity contribution is 5.96. The largest absolute Gasteiger partial charge is 0.480 e. The molecule has 0 radical (unpaired) electrons. The number of carboxylic acids is 1. The molecule has 152 valence electrons. The summed E-state index contributed by atoms with van der Waals surface area (Å²) in [5.41, 5.74) is 3.31. The third-order valence-electron chi connectivity index (χ3n) is 4.58. The van der Waals surface area contributed by atoms with Gasteiger partial charge in [0.2, 0.25) is 5.91 Å². The molecule has 0 unspecified atom stereocenters. The maximum atomic E-state index is 12.1. The van der Waals surface area contributed by atoms with Gasteiger partial charge < -0.3 is 15.7 Å². The summed E-state index contributed by atoms with van der Waals surface area (Å²) in [6, 6.07) is 24.8. The van der Waals surface area contributed by atoms with E-state index in [1.165, 1.54) is 0 Å². The van der Waals surface area contributed by atoms with Gasteiger partial charge in [-0.1, -0.05) is 72.8 Å². The Morgan fingerprint density at radius 3 is 1.93 bits per heavy atom. The molecule has 3 rings (SSSR count). The minimum Gasteiger partial charge on any atom is -0.480 e. The first-order valence-corrected chi connectivity index (χ1v) is 9.52. The molecule has 0 saturated carbocycles. The molecule has 1 atom stereocenters. The molecule has 3 aromatic carbocycles. The molecule has 2 amide bonds. The van der Waals surface area contributed by atoms with Crippen LogP contribution in [-0.4, -0.2) is 35.5 Å². The molecule has 3 N–H and O–H groups in total. The molecule has 3 aromatic rings. The predicted octanol–water partition coefficient (Wildman–Crippen LogP) is 2.90. The second-order valence-corrected chi connectivity index (χ2v) is 6.77. The number of hydrogen-bond donors (Lipinski definition) is 3. The van der Waals surface area contributed by atoms with Crippen molar-refractivity contribution in [2.24, 2.45) is 0 Å². The monoisotopic (exact) mass is 402 g/mol. The Hall–Kier alpha value is -3.93. The van der Waals surface area contributed by atoms with E-state index >= 15 is 0 Å². The number of nitrogens with one attached hydrogen (secondary N) is 2. The zero-order valence-electron chi connectivity index (χ0n) is 16.2. The van der Waals surface area contributed by atoms with Crippen molar-refractivity contribution >= 4 is 17.8 Å². The normalized spacial score (nSPS) is 11.3. The molecule has 0 aliphatic carbocycles. The lowest BCUT2D eigenvalue weighted by molar-refractivity contribution is -0.141. The number of benzene rings is 3. The predicted molar refractivity (Wildman–Crippen MR) is 114 cm³/mol. The number of carbonyl (C=O) groups is 3. The third kappa shape index (κ3) is 5.78. The van der Waals surface area contributed by atoms with Gasteiger partial charge in [0.1, 0.15) is 6.04 Å². The number of carboxylic acid groups (broad SMARTS) is 1. The van der Waals surface area contributed by atoms with Crippen molar-refractivity contribution in [3.8, 4) is 11.1 Å². The maximum absolute atomic E-state index is 12.1. The van der Waals surface area contributed by atoms with Gasteiger partial charge in [0.25, 0.3) is 5.91 Å². The Labute approximate surface area is 174 Å². The fraction of sp³-hybridized carbons (Fsp3) is 0.125. The summed E-state index contributed by atoms with van der Waals surface area (Å²) in [4.78, 5) is 35.7. The van der Waals surface area contributed by atoms with Crippen LogP contribution in [0.4, 0.5) is 0 Å². The molecule has 6 nitrogen and oxygen atoms in total. The molecule has 0 spiro atoms. The first kappa shape index (κ1) is 20.8. The van der Waals surface area contributed by atoms with Gasteiger partial charge in [-0.3, -0.25) is 9.59 Å². The molecule has 0 bridgehead atoms. The molecule has 0 aliphatic rings. The van der Waals surface area contributed by atoms with Crippen LogP contribution in [0, 0.1) is 0 Å². The molecule has 0 fully saturated rings. The van der Waals surface area contributed by atoms with Crippen LogP contribution < -0.4 is 10.6 Å². The SMILES string of the molecule is O=C(CNC(=O)c1ccccc1)N[C@@H](Cc1ccc(-c2ccccc2)cc1)C(=O)O. The smallest absolute Gasteiger partial charge is 0.326 e. The Morgan fingerprint density at radius 2 is 1.33 bits per heavy atom. The van der Waals surface area contributed by atoms with E-state index in [1.54, 1.807) is 30.3 Å². The second kappa shape index (κ2) is 10.0. The minimum absolute atomic E-state index is 0.142. The molecular formula is C24H22N2O4. The summed E-state index contributed by atoms with van der Waals surface area (Å²) in [5.74, 6) is -2.09. The fourth-order valence-corrected chi connectivity index (χ4v) is 3.00. The first-order chi connectivity index (χ1) is 14.5.